The number of hydrogen-bond donors (Lipinski definition) is 2. The number of nitrogens with one attached hydrogen (secondary N) is 2. The van der Waals surface area contributed by atoms with Gasteiger partial charge in [0.05, 0.1) is 23.8 Å². The molecule has 158 valence electrons. The average Bonchev–Trinajstić information content (AvgIpc) is 3.04. The molecular formula is C18H32IN7O2. The molecule has 2 rings (SSSR count). The third-order valence-corrected chi connectivity index (χ3v) is 4.43. The fourth-order valence-electron chi connectivity index (χ4n) is 2.84. The maximum absolute atomic E-state index is 12.6. The first-order valence-electron chi connectivity index (χ1n) is 9.39. The van der Waals surface area contributed by atoms with Gasteiger partial charge in [0.1, 0.15) is 6.54 Å². The van der Waals surface area contributed by atoms with E-state index in [0.29, 0.717) is 38.7 Å². The molecular weight excluding hydrogens is 473 g/mol. The van der Waals surface area contributed by atoms with E-state index < -0.39 is 5.41 Å². The lowest BCUT2D eigenvalue weighted by molar-refractivity contribution is -0.128. The van der Waals surface area contributed by atoms with E-state index in [1.54, 1.807) is 15.8 Å². The number of halogens is 1. The molecule has 1 aliphatic rings. The molecule has 0 aliphatic carbocycles. The first-order valence-corrected chi connectivity index (χ1v) is 9.39. The van der Waals surface area contributed by atoms with Crippen LogP contribution >= 0.6 is 24.0 Å². The molecule has 10 heteroatoms. The fourth-order valence-corrected chi connectivity index (χ4v) is 2.84. The van der Waals surface area contributed by atoms with Gasteiger partial charge in [0, 0.05) is 39.4 Å². The topological polar surface area (TPSA) is 94.9 Å². The van der Waals surface area contributed by atoms with Crippen molar-refractivity contribution in [3.05, 3.63) is 12.4 Å². The second-order valence-electron chi connectivity index (χ2n) is 7.25. The highest BCUT2D eigenvalue weighted by atomic mass is 127. The van der Waals surface area contributed by atoms with Gasteiger partial charge in [-0.15, -0.1) is 24.0 Å². The number of amides is 2. The van der Waals surface area contributed by atoms with Crippen LogP contribution in [-0.4, -0.2) is 71.7 Å². The zero-order chi connectivity index (χ0) is 20.0. The van der Waals surface area contributed by atoms with Gasteiger partial charge in [-0.3, -0.25) is 19.3 Å². The lowest BCUT2D eigenvalue weighted by atomic mass is 9.92. The molecule has 1 aliphatic heterocycles. The van der Waals surface area contributed by atoms with Gasteiger partial charge in [0.15, 0.2) is 5.96 Å². The van der Waals surface area contributed by atoms with Crippen LogP contribution < -0.4 is 15.5 Å². The molecule has 0 atom stereocenters. The monoisotopic (exact) mass is 505 g/mol. The molecule has 9 nitrogen and oxygen atoms in total. The molecule has 2 amide bonds. The summed E-state index contributed by atoms with van der Waals surface area (Å²) in [6.07, 6.45) is 3.53. The summed E-state index contributed by atoms with van der Waals surface area (Å²) < 4.78 is 1.68. The summed E-state index contributed by atoms with van der Waals surface area (Å²) in [5.41, 5.74) is 0.194. The third-order valence-electron chi connectivity index (χ3n) is 4.43. The van der Waals surface area contributed by atoms with Crippen molar-refractivity contribution >= 4 is 47.4 Å². The molecule has 0 unspecified atom stereocenters. The molecule has 0 bridgehead atoms. The number of aliphatic imine (C=N–C) groups is 1. The Kier molecular flexibility index (Phi) is 9.18. The van der Waals surface area contributed by atoms with Crippen LogP contribution in [0.25, 0.3) is 0 Å². The molecule has 1 saturated heterocycles. The van der Waals surface area contributed by atoms with Gasteiger partial charge < -0.3 is 20.4 Å². The maximum atomic E-state index is 12.6. The van der Waals surface area contributed by atoms with Gasteiger partial charge in [-0.25, -0.2) is 0 Å². The second kappa shape index (κ2) is 10.6. The summed E-state index contributed by atoms with van der Waals surface area (Å²) in [6, 6.07) is 0. The molecule has 28 heavy (non-hydrogen) atoms. The number of guanidine groups is 1. The van der Waals surface area contributed by atoms with Crippen LogP contribution in [0.15, 0.2) is 17.4 Å². The number of hydrogen-bond acceptors (Lipinski definition) is 4. The van der Waals surface area contributed by atoms with E-state index in [1.807, 2.05) is 45.8 Å². The van der Waals surface area contributed by atoms with Crippen molar-refractivity contribution in [1.82, 2.24) is 25.3 Å². The lowest BCUT2D eigenvalue weighted by Crippen LogP contribution is -2.55. The minimum atomic E-state index is -0.613. The van der Waals surface area contributed by atoms with E-state index in [1.165, 1.54) is 0 Å². The number of rotatable bonds is 6. The highest BCUT2D eigenvalue weighted by molar-refractivity contribution is 14.0. The highest BCUT2D eigenvalue weighted by Crippen LogP contribution is 2.18. The highest BCUT2D eigenvalue weighted by Gasteiger charge is 2.30. The van der Waals surface area contributed by atoms with Crippen LogP contribution in [0.4, 0.5) is 5.69 Å². The number of piperazine rings is 1. The van der Waals surface area contributed by atoms with Crippen LogP contribution in [0, 0.1) is 5.41 Å². The number of carbonyl (C=O) groups excluding carboxylic acids is 2. The maximum Gasteiger partial charge on any atom is 0.246 e. The molecule has 1 aromatic rings. The van der Waals surface area contributed by atoms with Gasteiger partial charge in [0.2, 0.25) is 11.8 Å². The average molecular weight is 505 g/mol. The first kappa shape index (κ1) is 24.2. The predicted octanol–water partition coefficient (Wildman–Crippen LogP) is 0.815. The van der Waals surface area contributed by atoms with Crippen LogP contribution in [0.5, 0.6) is 0 Å². The van der Waals surface area contributed by atoms with E-state index in [2.05, 4.69) is 20.7 Å². The number of nitrogens with zero attached hydrogens (tertiary/aromatic N) is 5. The van der Waals surface area contributed by atoms with Crippen LogP contribution in [0.2, 0.25) is 0 Å². The minimum absolute atomic E-state index is 0. The summed E-state index contributed by atoms with van der Waals surface area (Å²) >= 11 is 0. The third kappa shape index (κ3) is 6.08. The van der Waals surface area contributed by atoms with Gasteiger partial charge in [0.25, 0.3) is 0 Å². The zero-order valence-electron chi connectivity index (χ0n) is 17.4. The number of anilines is 1. The van der Waals surface area contributed by atoms with Gasteiger partial charge in [-0.1, -0.05) is 0 Å². The normalized spacial score (nSPS) is 15.3. The molecule has 1 fully saturated rings. The summed E-state index contributed by atoms with van der Waals surface area (Å²) in [5, 5.41) is 10.2. The molecule has 0 saturated carbocycles. The number of carbonyl (C=O) groups is 2. The Bertz CT molecular complexity index is 702. The van der Waals surface area contributed by atoms with Crippen molar-refractivity contribution in [3.8, 4) is 0 Å². The molecule has 0 radical (unpaired) electrons. The van der Waals surface area contributed by atoms with Crippen molar-refractivity contribution in [3.63, 3.8) is 0 Å². The first-order chi connectivity index (χ1) is 12.8. The quantitative estimate of drug-likeness (QED) is 0.339. The second-order valence-corrected chi connectivity index (χ2v) is 7.25. The minimum Gasteiger partial charge on any atom is -0.357 e. The number of aryl methyl sites for hydroxylation is 1. The smallest absolute Gasteiger partial charge is 0.246 e. The van der Waals surface area contributed by atoms with E-state index in [9.17, 15) is 9.59 Å². The van der Waals surface area contributed by atoms with Crippen molar-refractivity contribution in [2.75, 3.05) is 44.2 Å². The summed E-state index contributed by atoms with van der Waals surface area (Å²) in [5.74, 6) is 0.638. The Balaban J connectivity index is 0.00000392. The van der Waals surface area contributed by atoms with E-state index in [0.717, 1.165) is 5.69 Å². The van der Waals surface area contributed by atoms with Crippen molar-refractivity contribution in [1.29, 1.82) is 0 Å². The van der Waals surface area contributed by atoms with Gasteiger partial charge in [-0.05, 0) is 27.7 Å². The molecule has 2 heterocycles. The summed E-state index contributed by atoms with van der Waals surface area (Å²) in [4.78, 5) is 33.1. The SMILES string of the molecule is CCNC(=O)C(C)(C)CN=C(NCC)N1CCN(c2cnn(C)c2)C(=O)C1.I. The summed E-state index contributed by atoms with van der Waals surface area (Å²) in [7, 11) is 1.83. The zero-order valence-corrected chi connectivity index (χ0v) is 19.7. The van der Waals surface area contributed by atoms with Crippen molar-refractivity contribution in [2.45, 2.75) is 27.7 Å². The fraction of sp³-hybridized carbons (Fsp3) is 0.667. The van der Waals surface area contributed by atoms with Crippen molar-refractivity contribution in [2.24, 2.45) is 17.5 Å². The summed E-state index contributed by atoms with van der Waals surface area (Å²) in [6.45, 7) is 10.7. The Morgan fingerprint density at radius 1 is 1.25 bits per heavy atom. The Hall–Kier alpha value is -1.85. The molecule has 0 aromatic carbocycles. The lowest BCUT2D eigenvalue weighted by Gasteiger charge is -2.35. The molecule has 2 N–H and O–H groups in total. The predicted molar refractivity (Wildman–Crippen MR) is 121 cm³/mol. The Morgan fingerprint density at radius 3 is 2.46 bits per heavy atom. The van der Waals surface area contributed by atoms with Crippen LogP contribution in [0.3, 0.4) is 0 Å². The van der Waals surface area contributed by atoms with Crippen LogP contribution in [0.1, 0.15) is 27.7 Å². The number of aromatic nitrogens is 2. The standard InChI is InChI=1S/C18H31N7O2.HI/c1-6-19-16(27)18(3,4)13-21-17(20-7-2)24-8-9-25(15(26)12-24)14-10-22-23(5)11-14;/h10-11H,6-9,12-13H2,1-5H3,(H,19,27)(H,20,21);1H. The van der Waals surface area contributed by atoms with E-state index >= 15 is 0 Å². The molecule has 1 aromatic heterocycles. The molecule has 0 spiro atoms. The Morgan fingerprint density at radius 2 is 1.93 bits per heavy atom. The van der Waals surface area contributed by atoms with Crippen LogP contribution in [-0.2, 0) is 16.6 Å². The van der Waals surface area contributed by atoms with Gasteiger partial charge in [-0.2, -0.15) is 5.10 Å². The van der Waals surface area contributed by atoms with E-state index in [-0.39, 0.29) is 42.3 Å². The van der Waals surface area contributed by atoms with Crippen molar-refractivity contribution < 1.29 is 9.59 Å². The largest absolute Gasteiger partial charge is 0.357 e. The van der Waals surface area contributed by atoms with Gasteiger partial charge >= 0.3 is 0 Å². The van der Waals surface area contributed by atoms with E-state index in [4.69, 9.17) is 0 Å². The Labute approximate surface area is 183 Å².